The predicted octanol–water partition coefficient (Wildman–Crippen LogP) is 5.32. The minimum absolute atomic E-state index is 0.301. The van der Waals surface area contributed by atoms with Crippen molar-refractivity contribution in [3.63, 3.8) is 0 Å². The lowest BCUT2D eigenvalue weighted by Crippen LogP contribution is -2.52. The third kappa shape index (κ3) is 4.39. The molecule has 0 saturated carbocycles. The van der Waals surface area contributed by atoms with Gasteiger partial charge in [0, 0.05) is 18.3 Å². The van der Waals surface area contributed by atoms with E-state index in [-0.39, 0.29) is 12.1 Å². The van der Waals surface area contributed by atoms with Crippen LogP contribution in [0.4, 0.5) is 35.3 Å². The second-order valence-corrected chi connectivity index (χ2v) is 8.46. The molecule has 2 aliphatic heterocycles. The van der Waals surface area contributed by atoms with E-state index in [0.29, 0.717) is 47.4 Å². The second kappa shape index (κ2) is 8.61. The van der Waals surface area contributed by atoms with Crippen molar-refractivity contribution in [1.82, 2.24) is 9.97 Å². The number of nitrogens with one attached hydrogen (secondary N) is 1. The standard InChI is InChI=1S/C25H22F3N5O2/c1-15(2)35-21-14-32-13-20(21)33(24(34)31-22-8-3-4-11-29-22)23-19(32)10-9-18(30-23)16-6-5-7-17(12-16)25(26,27)28/h3-12,20-21H,1,13-14H2,2H3,(H,29,31,34). The summed E-state index contributed by atoms with van der Waals surface area (Å²) < 4.78 is 45.8. The summed E-state index contributed by atoms with van der Waals surface area (Å²) in [6, 6.07) is 12.7. The van der Waals surface area contributed by atoms with E-state index in [0.717, 1.165) is 12.1 Å². The molecule has 1 aromatic carbocycles. The molecule has 2 amide bonds. The van der Waals surface area contributed by atoms with E-state index in [2.05, 4.69) is 26.8 Å². The molecule has 1 saturated heterocycles. The molecular formula is C25H22F3N5O2. The number of halogens is 3. The minimum atomic E-state index is -4.48. The summed E-state index contributed by atoms with van der Waals surface area (Å²) in [6.07, 6.45) is -3.27. The molecule has 4 heterocycles. The number of benzene rings is 1. The molecule has 2 aromatic heterocycles. The fourth-order valence-electron chi connectivity index (χ4n) is 4.47. The quantitative estimate of drug-likeness (QED) is 0.511. The van der Waals surface area contributed by atoms with Crippen molar-refractivity contribution >= 4 is 23.4 Å². The summed E-state index contributed by atoms with van der Waals surface area (Å²) in [7, 11) is 0. The number of allylic oxidation sites excluding steroid dienone is 1. The number of ether oxygens (including phenoxy) is 1. The number of aromatic nitrogens is 2. The number of pyridine rings is 2. The van der Waals surface area contributed by atoms with Gasteiger partial charge in [0.2, 0.25) is 0 Å². The predicted molar refractivity (Wildman–Crippen MR) is 126 cm³/mol. The number of anilines is 3. The van der Waals surface area contributed by atoms with E-state index >= 15 is 0 Å². The highest BCUT2D eigenvalue weighted by Gasteiger charge is 2.47. The van der Waals surface area contributed by atoms with Crippen LogP contribution in [0.15, 0.2) is 73.1 Å². The second-order valence-electron chi connectivity index (χ2n) is 8.46. The van der Waals surface area contributed by atoms with Gasteiger partial charge >= 0.3 is 12.2 Å². The average molecular weight is 481 g/mol. The molecule has 0 spiro atoms. The zero-order chi connectivity index (χ0) is 24.7. The number of carbonyl (C=O) groups excluding carboxylic acids is 1. The first-order valence-electron chi connectivity index (χ1n) is 11.0. The van der Waals surface area contributed by atoms with Gasteiger partial charge in [-0.15, -0.1) is 0 Å². The zero-order valence-corrected chi connectivity index (χ0v) is 18.8. The Morgan fingerprint density at radius 2 is 1.97 bits per heavy atom. The average Bonchev–Trinajstić information content (AvgIpc) is 3.16. The Hall–Kier alpha value is -4.08. The van der Waals surface area contributed by atoms with Gasteiger partial charge in [-0.05, 0) is 43.3 Å². The molecule has 2 aliphatic rings. The summed E-state index contributed by atoms with van der Waals surface area (Å²) in [5.74, 6) is 1.23. The van der Waals surface area contributed by atoms with Crippen molar-refractivity contribution in [3.05, 3.63) is 78.7 Å². The Kier molecular flexibility index (Phi) is 5.58. The number of carbonyl (C=O) groups is 1. The highest BCUT2D eigenvalue weighted by molar-refractivity contribution is 6.04. The third-order valence-corrected chi connectivity index (χ3v) is 5.95. The van der Waals surface area contributed by atoms with Crippen LogP contribution in [-0.4, -0.2) is 41.2 Å². The molecule has 5 rings (SSSR count). The molecule has 1 fully saturated rings. The Bertz CT molecular complexity index is 1280. The van der Waals surface area contributed by atoms with Crippen molar-refractivity contribution < 1.29 is 22.7 Å². The van der Waals surface area contributed by atoms with Crippen LogP contribution in [0.2, 0.25) is 0 Å². The van der Waals surface area contributed by atoms with Gasteiger partial charge in [0.05, 0.1) is 35.3 Å². The van der Waals surface area contributed by atoms with Crippen molar-refractivity contribution in [2.24, 2.45) is 0 Å². The molecule has 7 nitrogen and oxygen atoms in total. The van der Waals surface area contributed by atoms with Gasteiger partial charge in [-0.2, -0.15) is 13.2 Å². The molecule has 2 unspecified atom stereocenters. The number of urea groups is 1. The summed E-state index contributed by atoms with van der Waals surface area (Å²) in [6.45, 7) is 6.60. The number of amides is 2. The molecule has 180 valence electrons. The molecule has 0 radical (unpaired) electrons. The highest BCUT2D eigenvalue weighted by atomic mass is 19.4. The van der Waals surface area contributed by atoms with Crippen molar-refractivity contribution in [2.75, 3.05) is 28.2 Å². The van der Waals surface area contributed by atoms with Gasteiger partial charge < -0.3 is 9.64 Å². The summed E-state index contributed by atoms with van der Waals surface area (Å²) in [4.78, 5) is 25.9. The first kappa shape index (κ1) is 22.7. The van der Waals surface area contributed by atoms with E-state index in [1.807, 2.05) is 0 Å². The first-order valence-corrected chi connectivity index (χ1v) is 11.0. The van der Waals surface area contributed by atoms with Crippen LogP contribution in [0.25, 0.3) is 11.3 Å². The summed E-state index contributed by atoms with van der Waals surface area (Å²) >= 11 is 0. The van der Waals surface area contributed by atoms with Crippen LogP contribution < -0.4 is 15.1 Å². The van der Waals surface area contributed by atoms with Crippen LogP contribution in [0.3, 0.4) is 0 Å². The van der Waals surface area contributed by atoms with Gasteiger partial charge in [-0.1, -0.05) is 24.8 Å². The molecule has 3 aromatic rings. The largest absolute Gasteiger partial charge is 0.492 e. The van der Waals surface area contributed by atoms with E-state index in [9.17, 15) is 18.0 Å². The Balaban J connectivity index is 1.56. The Morgan fingerprint density at radius 3 is 2.69 bits per heavy atom. The van der Waals surface area contributed by atoms with E-state index in [1.54, 1.807) is 49.5 Å². The number of hydrogen-bond donors (Lipinski definition) is 1. The number of nitrogens with zero attached hydrogens (tertiary/aromatic N) is 4. The maximum absolute atomic E-state index is 13.5. The van der Waals surface area contributed by atoms with Gasteiger partial charge in [-0.3, -0.25) is 10.2 Å². The van der Waals surface area contributed by atoms with E-state index in [1.165, 1.54) is 11.0 Å². The Labute approximate surface area is 199 Å². The maximum Gasteiger partial charge on any atom is 0.416 e. The molecule has 0 aliphatic carbocycles. The van der Waals surface area contributed by atoms with Gasteiger partial charge in [-0.25, -0.2) is 14.8 Å². The fourth-order valence-corrected chi connectivity index (χ4v) is 4.47. The number of alkyl halides is 3. The van der Waals surface area contributed by atoms with Crippen LogP contribution in [0.5, 0.6) is 0 Å². The van der Waals surface area contributed by atoms with Crippen LogP contribution in [-0.2, 0) is 10.9 Å². The maximum atomic E-state index is 13.5. The SMILES string of the molecule is C=C(C)OC1CN2CC1N(C(=O)Nc1ccccn1)c1nc(-c3cccc(C(F)(F)F)c3)ccc12. The van der Waals surface area contributed by atoms with E-state index in [4.69, 9.17) is 4.74 Å². The topological polar surface area (TPSA) is 70.6 Å². The van der Waals surface area contributed by atoms with Gasteiger partial charge in [0.25, 0.3) is 0 Å². The smallest absolute Gasteiger partial charge is 0.416 e. The van der Waals surface area contributed by atoms with Gasteiger partial charge in [0.1, 0.15) is 11.9 Å². The number of fused-ring (bicyclic) bond motifs is 4. The summed E-state index contributed by atoms with van der Waals surface area (Å²) in [5.41, 5.74) is 0.555. The number of rotatable bonds is 4. The minimum Gasteiger partial charge on any atom is -0.492 e. The van der Waals surface area contributed by atoms with Crippen molar-refractivity contribution in [1.29, 1.82) is 0 Å². The lowest BCUT2D eigenvalue weighted by Gasteiger charge is -2.36. The zero-order valence-electron chi connectivity index (χ0n) is 18.8. The monoisotopic (exact) mass is 481 g/mol. The van der Waals surface area contributed by atoms with Crippen LogP contribution in [0.1, 0.15) is 12.5 Å². The lowest BCUT2D eigenvalue weighted by atomic mass is 10.1. The van der Waals surface area contributed by atoms with Crippen molar-refractivity contribution in [2.45, 2.75) is 25.2 Å². The van der Waals surface area contributed by atoms with Crippen molar-refractivity contribution in [3.8, 4) is 11.3 Å². The highest BCUT2D eigenvalue weighted by Crippen LogP contribution is 2.42. The van der Waals surface area contributed by atoms with E-state index < -0.39 is 17.8 Å². The Morgan fingerprint density at radius 1 is 1.14 bits per heavy atom. The molecular weight excluding hydrogens is 459 g/mol. The van der Waals surface area contributed by atoms with Crippen LogP contribution in [0, 0.1) is 0 Å². The van der Waals surface area contributed by atoms with Gasteiger partial charge in [0.15, 0.2) is 5.82 Å². The van der Waals surface area contributed by atoms with Crippen LogP contribution >= 0.6 is 0 Å². The normalized spacial score (nSPS) is 18.7. The first-order chi connectivity index (χ1) is 16.7. The third-order valence-electron chi connectivity index (χ3n) is 5.95. The lowest BCUT2D eigenvalue weighted by molar-refractivity contribution is -0.137. The molecule has 2 bridgehead atoms. The molecule has 1 N–H and O–H groups in total. The number of hydrogen-bond acceptors (Lipinski definition) is 5. The summed E-state index contributed by atoms with van der Waals surface area (Å²) in [5, 5.41) is 2.79. The molecule has 35 heavy (non-hydrogen) atoms. The molecule has 10 heteroatoms. The fraction of sp³-hybridized carbons (Fsp3) is 0.240. The molecule has 2 atom stereocenters.